The zero-order valence-electron chi connectivity index (χ0n) is 14.9. The van der Waals surface area contributed by atoms with E-state index >= 15 is 0 Å². The fourth-order valence-corrected chi connectivity index (χ4v) is 4.08. The Labute approximate surface area is 161 Å². The van der Waals surface area contributed by atoms with Crippen molar-refractivity contribution in [1.29, 1.82) is 0 Å². The van der Waals surface area contributed by atoms with Crippen LogP contribution in [0.3, 0.4) is 0 Å². The van der Waals surface area contributed by atoms with Crippen LogP contribution in [0.4, 0.5) is 5.69 Å². The number of aromatic nitrogens is 3. The third kappa shape index (κ3) is 3.86. The van der Waals surface area contributed by atoms with Gasteiger partial charge in [0.15, 0.2) is 0 Å². The summed E-state index contributed by atoms with van der Waals surface area (Å²) in [5.41, 5.74) is 1.82. The van der Waals surface area contributed by atoms with Gasteiger partial charge in [0.05, 0.1) is 10.4 Å². The van der Waals surface area contributed by atoms with Crippen LogP contribution >= 0.6 is 0 Å². The molecule has 0 saturated carbocycles. The van der Waals surface area contributed by atoms with Gasteiger partial charge < -0.3 is 5.32 Å². The van der Waals surface area contributed by atoms with E-state index in [2.05, 4.69) is 25.3 Å². The first kappa shape index (κ1) is 18.1. The van der Waals surface area contributed by atoms with Gasteiger partial charge >= 0.3 is 0 Å². The van der Waals surface area contributed by atoms with E-state index in [4.69, 9.17) is 0 Å². The van der Waals surface area contributed by atoms with Gasteiger partial charge in [-0.25, -0.2) is 13.1 Å². The maximum Gasteiger partial charge on any atom is 0.262 e. The molecule has 10 heteroatoms. The highest BCUT2D eigenvalue weighted by Gasteiger charge is 2.19. The molecule has 0 unspecified atom stereocenters. The van der Waals surface area contributed by atoms with Crippen molar-refractivity contribution in [1.82, 2.24) is 19.7 Å². The van der Waals surface area contributed by atoms with Crippen LogP contribution in [0.5, 0.6) is 0 Å². The molecule has 2 heterocycles. The molecule has 0 atom stereocenters. The van der Waals surface area contributed by atoms with Gasteiger partial charge in [-0.05, 0) is 36.8 Å². The molecule has 2 aromatic carbocycles. The first-order chi connectivity index (χ1) is 13.5. The molecular formula is C18H18N6O3S. The predicted molar refractivity (Wildman–Crippen MR) is 104 cm³/mol. The smallest absolute Gasteiger partial charge is 0.262 e. The number of hydrogen-bond acceptors (Lipinski definition) is 6. The number of carbonyl (C=O) groups is 1. The molecule has 0 spiro atoms. The number of sulfonamides is 1. The molecule has 28 heavy (non-hydrogen) atoms. The molecule has 4 rings (SSSR count). The molecule has 0 saturated heterocycles. The van der Waals surface area contributed by atoms with E-state index in [1.165, 1.54) is 16.8 Å². The van der Waals surface area contributed by atoms with Crippen LogP contribution in [-0.2, 0) is 21.4 Å². The lowest BCUT2D eigenvalue weighted by atomic mass is 10.3. The number of amides is 1. The number of aliphatic imine (C=N–C) groups is 1. The highest BCUT2D eigenvalue weighted by atomic mass is 32.2. The van der Waals surface area contributed by atoms with Gasteiger partial charge in [-0.3, -0.25) is 14.5 Å². The summed E-state index contributed by atoms with van der Waals surface area (Å²) in [7, 11) is -3.74. The number of hydrogen-bond donors (Lipinski definition) is 2. The number of amidine groups is 1. The number of carbonyl (C=O) groups excluding carboxylic acids is 1. The summed E-state index contributed by atoms with van der Waals surface area (Å²) in [6, 6.07) is 13.4. The second kappa shape index (κ2) is 7.39. The molecule has 0 bridgehead atoms. The van der Waals surface area contributed by atoms with Crippen LogP contribution < -0.4 is 10.0 Å². The Bertz CT molecular complexity index is 1170. The number of nitrogens with one attached hydrogen (secondary N) is 2. The van der Waals surface area contributed by atoms with E-state index in [1.54, 1.807) is 12.1 Å². The lowest BCUT2D eigenvalue weighted by molar-refractivity contribution is -0.116. The van der Waals surface area contributed by atoms with Gasteiger partial charge in [0.1, 0.15) is 17.9 Å². The first-order valence-electron chi connectivity index (χ1n) is 8.75. The van der Waals surface area contributed by atoms with Crippen LogP contribution in [0.25, 0.3) is 11.0 Å². The summed E-state index contributed by atoms with van der Waals surface area (Å²) in [6.07, 6.45) is 1.45. The molecule has 0 aliphatic carbocycles. The Hall–Kier alpha value is -3.27. The molecule has 9 nitrogen and oxygen atoms in total. The van der Waals surface area contributed by atoms with Crippen LogP contribution in [0.15, 0.2) is 58.4 Å². The Kier molecular flexibility index (Phi) is 4.78. The Morgan fingerprint density at radius 2 is 2.00 bits per heavy atom. The van der Waals surface area contributed by atoms with Crippen LogP contribution in [0, 0.1) is 0 Å². The van der Waals surface area contributed by atoms with Crippen molar-refractivity contribution in [3.05, 3.63) is 48.5 Å². The monoisotopic (exact) mass is 398 g/mol. The van der Waals surface area contributed by atoms with E-state index in [1.807, 2.05) is 24.3 Å². The molecule has 1 aliphatic heterocycles. The first-order valence-corrected chi connectivity index (χ1v) is 10.2. The van der Waals surface area contributed by atoms with Crippen LogP contribution in [0.1, 0.15) is 12.8 Å². The van der Waals surface area contributed by atoms with Gasteiger partial charge in [0.2, 0.25) is 5.91 Å². The fraction of sp³-hybridized carbons (Fsp3) is 0.222. The SMILES string of the molecule is O=C(Cn1nnc2ccccc21)Nc1cccc(S(=O)(=O)NC2=NCCC2)c1. The zero-order valence-corrected chi connectivity index (χ0v) is 15.7. The normalized spacial score (nSPS) is 14.1. The third-order valence-electron chi connectivity index (χ3n) is 4.27. The average molecular weight is 398 g/mol. The molecule has 0 radical (unpaired) electrons. The fourth-order valence-electron chi connectivity index (χ4n) is 2.95. The highest BCUT2D eigenvalue weighted by Crippen LogP contribution is 2.17. The highest BCUT2D eigenvalue weighted by molar-refractivity contribution is 7.90. The van der Waals surface area contributed by atoms with E-state index in [0.717, 1.165) is 11.9 Å². The minimum atomic E-state index is -3.74. The number of rotatable bonds is 5. The molecular weight excluding hydrogens is 380 g/mol. The Morgan fingerprint density at radius 3 is 2.82 bits per heavy atom. The molecule has 1 aromatic heterocycles. The van der Waals surface area contributed by atoms with E-state index in [9.17, 15) is 13.2 Å². The summed E-state index contributed by atoms with van der Waals surface area (Å²) < 4.78 is 29.0. The Morgan fingerprint density at radius 1 is 1.14 bits per heavy atom. The summed E-state index contributed by atoms with van der Waals surface area (Å²) in [6.45, 7) is 0.595. The lowest BCUT2D eigenvalue weighted by Gasteiger charge is -2.10. The molecule has 3 aromatic rings. The van der Waals surface area contributed by atoms with Crippen molar-refractivity contribution in [3.63, 3.8) is 0 Å². The van der Waals surface area contributed by atoms with Gasteiger partial charge in [-0.2, -0.15) is 0 Å². The number of nitrogens with zero attached hydrogens (tertiary/aromatic N) is 4. The largest absolute Gasteiger partial charge is 0.324 e. The average Bonchev–Trinajstić information content (AvgIpc) is 3.32. The van der Waals surface area contributed by atoms with Gasteiger partial charge in [-0.15, -0.1) is 5.10 Å². The maximum atomic E-state index is 12.5. The van der Waals surface area contributed by atoms with Crippen molar-refractivity contribution in [2.45, 2.75) is 24.3 Å². The molecule has 1 aliphatic rings. The van der Waals surface area contributed by atoms with Crippen molar-refractivity contribution >= 4 is 38.5 Å². The van der Waals surface area contributed by atoms with E-state index in [-0.39, 0.29) is 17.3 Å². The number of fused-ring (bicyclic) bond motifs is 1. The van der Waals surface area contributed by atoms with Gasteiger partial charge in [-0.1, -0.05) is 23.4 Å². The summed E-state index contributed by atoms with van der Waals surface area (Å²) in [5.74, 6) is 0.130. The maximum absolute atomic E-state index is 12.5. The zero-order chi connectivity index (χ0) is 19.6. The summed E-state index contributed by atoms with van der Waals surface area (Å²) in [4.78, 5) is 16.6. The molecule has 0 fully saturated rings. The van der Waals surface area contributed by atoms with Crippen molar-refractivity contribution in [3.8, 4) is 0 Å². The molecule has 144 valence electrons. The topological polar surface area (TPSA) is 118 Å². The third-order valence-corrected chi connectivity index (χ3v) is 5.65. The lowest BCUT2D eigenvalue weighted by Crippen LogP contribution is -2.29. The predicted octanol–water partition coefficient (Wildman–Crippen LogP) is 1.54. The van der Waals surface area contributed by atoms with Crippen molar-refractivity contribution in [2.75, 3.05) is 11.9 Å². The molecule has 2 N–H and O–H groups in total. The van der Waals surface area contributed by atoms with E-state index < -0.39 is 10.0 Å². The second-order valence-electron chi connectivity index (χ2n) is 6.35. The van der Waals surface area contributed by atoms with Crippen LogP contribution in [0.2, 0.25) is 0 Å². The minimum absolute atomic E-state index is 0.0352. The second-order valence-corrected chi connectivity index (χ2v) is 8.03. The van der Waals surface area contributed by atoms with Crippen molar-refractivity contribution < 1.29 is 13.2 Å². The van der Waals surface area contributed by atoms with Gasteiger partial charge in [0, 0.05) is 18.7 Å². The number of benzene rings is 2. The number of para-hydroxylation sites is 1. The summed E-state index contributed by atoms with van der Waals surface area (Å²) >= 11 is 0. The standard InChI is InChI=1S/C18H18N6O3S/c25-18(12-24-16-8-2-1-7-15(16)21-23-24)20-13-5-3-6-14(11-13)28(26,27)22-17-9-4-10-19-17/h1-3,5-8,11H,4,9-10,12H2,(H,19,22)(H,20,25). The van der Waals surface area contributed by atoms with Crippen molar-refractivity contribution in [2.24, 2.45) is 4.99 Å². The van der Waals surface area contributed by atoms with Crippen LogP contribution in [-0.4, -0.2) is 41.7 Å². The minimum Gasteiger partial charge on any atom is -0.324 e. The molecule has 1 amide bonds. The van der Waals surface area contributed by atoms with Gasteiger partial charge in [0.25, 0.3) is 10.0 Å². The Balaban J connectivity index is 1.47. The summed E-state index contributed by atoms with van der Waals surface area (Å²) in [5, 5.41) is 10.7. The quantitative estimate of drug-likeness (QED) is 0.676. The van der Waals surface area contributed by atoms with E-state index in [0.29, 0.717) is 30.0 Å². The number of anilines is 1.